The van der Waals surface area contributed by atoms with E-state index in [9.17, 15) is 0 Å². The number of rotatable bonds is 2. The quantitative estimate of drug-likeness (QED) is 0.865. The highest BCUT2D eigenvalue weighted by Gasteiger charge is 2.20. The molecule has 0 spiro atoms. The van der Waals surface area contributed by atoms with E-state index in [-0.39, 0.29) is 0 Å². The van der Waals surface area contributed by atoms with Crippen molar-refractivity contribution in [3.63, 3.8) is 0 Å². The molecule has 0 aliphatic carbocycles. The molecule has 2 aromatic heterocycles. The van der Waals surface area contributed by atoms with Gasteiger partial charge in [-0.15, -0.1) is 11.3 Å². The van der Waals surface area contributed by atoms with Crippen LogP contribution in [-0.2, 0) is 7.05 Å². The highest BCUT2D eigenvalue weighted by Crippen LogP contribution is 2.37. The van der Waals surface area contributed by atoms with E-state index in [1.807, 2.05) is 20.9 Å². The zero-order valence-corrected chi connectivity index (χ0v) is 10.6. The molecule has 0 aliphatic rings. The molecule has 16 heavy (non-hydrogen) atoms. The number of aryl methyl sites for hydroxylation is 3. The van der Waals surface area contributed by atoms with Gasteiger partial charge in [0.2, 0.25) is 5.88 Å². The minimum absolute atomic E-state index is 0.689. The molecule has 0 aromatic carbocycles. The Bertz CT molecular complexity index is 529. The molecular weight excluding hydrogens is 224 g/mol. The van der Waals surface area contributed by atoms with Crippen LogP contribution in [0.25, 0.3) is 11.3 Å². The second-order valence-corrected chi connectivity index (χ2v) is 4.77. The summed E-state index contributed by atoms with van der Waals surface area (Å²) < 4.78 is 7.02. The van der Waals surface area contributed by atoms with Crippen LogP contribution in [0.2, 0.25) is 0 Å². The number of nitrogens with zero attached hydrogens (tertiary/aromatic N) is 3. The summed E-state index contributed by atoms with van der Waals surface area (Å²) in [6.45, 7) is 3.86. The summed E-state index contributed by atoms with van der Waals surface area (Å²) in [6.07, 6.45) is 0. The number of nitrogen functional groups attached to an aromatic ring is 1. The Morgan fingerprint density at radius 2 is 2.06 bits per heavy atom. The molecule has 0 aliphatic heterocycles. The van der Waals surface area contributed by atoms with Crippen LogP contribution < -0.4 is 10.5 Å². The Labute approximate surface area is 97.9 Å². The van der Waals surface area contributed by atoms with Gasteiger partial charge in [0, 0.05) is 7.05 Å². The minimum atomic E-state index is 0.689. The summed E-state index contributed by atoms with van der Waals surface area (Å²) in [7, 11) is 3.46. The van der Waals surface area contributed by atoms with Crippen LogP contribution in [-0.4, -0.2) is 21.9 Å². The lowest BCUT2D eigenvalue weighted by Gasteiger charge is -2.02. The molecule has 0 unspecified atom stereocenters. The fourth-order valence-electron chi connectivity index (χ4n) is 1.77. The highest BCUT2D eigenvalue weighted by atomic mass is 32.1. The van der Waals surface area contributed by atoms with Crippen LogP contribution in [0.15, 0.2) is 0 Å². The lowest BCUT2D eigenvalue weighted by Crippen LogP contribution is -1.96. The molecule has 0 saturated heterocycles. The van der Waals surface area contributed by atoms with Gasteiger partial charge in [0.1, 0.15) is 10.7 Å². The average Bonchev–Trinajstić information content (AvgIpc) is 2.66. The summed E-state index contributed by atoms with van der Waals surface area (Å²) in [6, 6.07) is 0. The molecule has 2 heterocycles. The van der Waals surface area contributed by atoms with Crippen LogP contribution >= 0.6 is 11.3 Å². The predicted molar refractivity (Wildman–Crippen MR) is 64.8 cm³/mol. The number of hydrogen-bond donors (Lipinski definition) is 1. The van der Waals surface area contributed by atoms with E-state index < -0.39 is 0 Å². The maximum Gasteiger partial charge on any atom is 0.221 e. The van der Waals surface area contributed by atoms with Crippen molar-refractivity contribution in [3.8, 4) is 17.1 Å². The lowest BCUT2D eigenvalue weighted by molar-refractivity contribution is 0.374. The molecule has 2 N–H and O–H groups in total. The molecule has 0 radical (unpaired) electrons. The number of ether oxygens (including phenoxy) is 1. The molecule has 0 bridgehead atoms. The molecule has 0 atom stereocenters. The second kappa shape index (κ2) is 3.79. The van der Waals surface area contributed by atoms with Crippen LogP contribution in [0.3, 0.4) is 0 Å². The third-order valence-corrected chi connectivity index (χ3v) is 3.16. The maximum absolute atomic E-state index is 5.94. The summed E-state index contributed by atoms with van der Waals surface area (Å²) in [4.78, 5) is 4.42. The number of nitrogens with two attached hydrogens (primary N) is 1. The summed E-state index contributed by atoms with van der Waals surface area (Å²) in [5.41, 5.74) is 8.46. The summed E-state index contributed by atoms with van der Waals surface area (Å²) >= 11 is 1.48. The molecule has 0 saturated carbocycles. The SMILES string of the molecule is COc1c(-c2nc(C)sc2N)c(C)nn1C. The zero-order chi connectivity index (χ0) is 11.9. The van der Waals surface area contributed by atoms with Crippen molar-refractivity contribution in [2.75, 3.05) is 12.8 Å². The molecule has 2 aromatic rings. The van der Waals surface area contributed by atoms with Gasteiger partial charge in [0.15, 0.2) is 0 Å². The van der Waals surface area contributed by atoms with Crippen molar-refractivity contribution >= 4 is 16.3 Å². The topological polar surface area (TPSA) is 66.0 Å². The number of thiazole rings is 1. The molecule has 2 rings (SSSR count). The minimum Gasteiger partial charge on any atom is -0.481 e. The third-order valence-electron chi connectivity index (χ3n) is 2.36. The number of hydrogen-bond acceptors (Lipinski definition) is 5. The summed E-state index contributed by atoms with van der Waals surface area (Å²) in [5.74, 6) is 0.689. The van der Waals surface area contributed by atoms with Gasteiger partial charge in [0.25, 0.3) is 0 Å². The normalized spacial score (nSPS) is 10.8. The maximum atomic E-state index is 5.94. The van der Waals surface area contributed by atoms with Crippen molar-refractivity contribution in [1.29, 1.82) is 0 Å². The Hall–Kier alpha value is -1.56. The Balaban J connectivity index is 2.68. The Morgan fingerprint density at radius 3 is 2.56 bits per heavy atom. The largest absolute Gasteiger partial charge is 0.481 e. The number of anilines is 1. The van der Waals surface area contributed by atoms with E-state index in [1.54, 1.807) is 11.8 Å². The van der Waals surface area contributed by atoms with Gasteiger partial charge < -0.3 is 10.5 Å². The first-order valence-electron chi connectivity index (χ1n) is 4.85. The standard InChI is InChI=1S/C10H14N4OS/c1-5-7(10(15-4)14(3)13-5)8-9(11)16-6(2)12-8/h11H2,1-4H3. The number of aromatic nitrogens is 3. The average molecular weight is 238 g/mol. The fourth-order valence-corrected chi connectivity index (χ4v) is 2.47. The van der Waals surface area contributed by atoms with E-state index in [1.165, 1.54) is 11.3 Å². The number of methoxy groups -OCH3 is 1. The van der Waals surface area contributed by atoms with Crippen molar-refractivity contribution in [1.82, 2.24) is 14.8 Å². The van der Waals surface area contributed by atoms with Crippen LogP contribution in [0, 0.1) is 13.8 Å². The van der Waals surface area contributed by atoms with Crippen molar-refractivity contribution in [3.05, 3.63) is 10.7 Å². The molecule has 86 valence electrons. The van der Waals surface area contributed by atoms with Crippen LogP contribution in [0.5, 0.6) is 5.88 Å². The predicted octanol–water partition coefficient (Wildman–Crippen LogP) is 1.75. The highest BCUT2D eigenvalue weighted by molar-refractivity contribution is 7.16. The van der Waals surface area contributed by atoms with Gasteiger partial charge in [-0.1, -0.05) is 0 Å². The van der Waals surface area contributed by atoms with E-state index >= 15 is 0 Å². The van der Waals surface area contributed by atoms with Gasteiger partial charge in [-0.25, -0.2) is 9.67 Å². The second-order valence-electron chi connectivity index (χ2n) is 3.54. The van der Waals surface area contributed by atoms with E-state index in [0.29, 0.717) is 10.9 Å². The Kier molecular flexibility index (Phi) is 2.59. The van der Waals surface area contributed by atoms with Crippen LogP contribution in [0.4, 0.5) is 5.00 Å². The fraction of sp³-hybridized carbons (Fsp3) is 0.400. The third kappa shape index (κ3) is 1.55. The Morgan fingerprint density at radius 1 is 1.38 bits per heavy atom. The van der Waals surface area contributed by atoms with Gasteiger partial charge in [0.05, 0.1) is 23.4 Å². The zero-order valence-electron chi connectivity index (χ0n) is 9.74. The van der Waals surface area contributed by atoms with Gasteiger partial charge in [-0.2, -0.15) is 5.10 Å². The van der Waals surface area contributed by atoms with Gasteiger partial charge in [-0.05, 0) is 13.8 Å². The van der Waals surface area contributed by atoms with Crippen molar-refractivity contribution in [2.45, 2.75) is 13.8 Å². The molecule has 6 heteroatoms. The summed E-state index contributed by atoms with van der Waals surface area (Å²) in [5, 5.41) is 5.95. The van der Waals surface area contributed by atoms with E-state index in [4.69, 9.17) is 10.5 Å². The molecular formula is C10H14N4OS. The monoisotopic (exact) mass is 238 g/mol. The van der Waals surface area contributed by atoms with Crippen molar-refractivity contribution < 1.29 is 4.74 Å². The van der Waals surface area contributed by atoms with E-state index in [0.717, 1.165) is 22.0 Å². The molecule has 0 amide bonds. The van der Waals surface area contributed by atoms with E-state index in [2.05, 4.69) is 10.1 Å². The van der Waals surface area contributed by atoms with Gasteiger partial charge in [-0.3, -0.25) is 0 Å². The van der Waals surface area contributed by atoms with Crippen molar-refractivity contribution in [2.24, 2.45) is 7.05 Å². The lowest BCUT2D eigenvalue weighted by atomic mass is 10.2. The molecule has 5 nitrogen and oxygen atoms in total. The van der Waals surface area contributed by atoms with Gasteiger partial charge >= 0.3 is 0 Å². The smallest absolute Gasteiger partial charge is 0.221 e. The van der Waals surface area contributed by atoms with Crippen LogP contribution in [0.1, 0.15) is 10.7 Å². The first-order chi connectivity index (χ1) is 7.54. The first-order valence-corrected chi connectivity index (χ1v) is 5.67. The molecule has 0 fully saturated rings. The first kappa shape index (κ1) is 10.9.